The smallest absolute Gasteiger partial charge is 0.338 e. The molecule has 1 aromatic carbocycles. The van der Waals surface area contributed by atoms with Crippen LogP contribution in [0.1, 0.15) is 72.7 Å². The van der Waals surface area contributed by atoms with Gasteiger partial charge in [-0.2, -0.15) is 0 Å². The summed E-state index contributed by atoms with van der Waals surface area (Å²) in [4.78, 5) is 90.6. The second-order valence-electron chi connectivity index (χ2n) is 13.1. The van der Waals surface area contributed by atoms with Gasteiger partial charge in [-0.05, 0) is 26.0 Å². The minimum absolute atomic E-state index is 0.122. The molecule has 2 saturated carbocycles. The van der Waals surface area contributed by atoms with Crippen LogP contribution in [0.3, 0.4) is 0 Å². The molecule has 15 nitrogen and oxygen atoms in total. The molecule has 0 radical (unpaired) electrons. The largest absolute Gasteiger partial charge is 0.465 e. The van der Waals surface area contributed by atoms with E-state index >= 15 is 0 Å². The summed E-state index contributed by atoms with van der Waals surface area (Å²) < 4.78 is 48.3. The standard InChI is InChI=1S/C34H42O15/c1-16-25(43-18(3)36)27(44-19(4)37)30(47-22(7)40)33(15-42-17(2)35)29(46-21(6)39)26(48-31(41)23-13-11-10-12-14-23)24-28(45-20(5)38)34(16,33)49-32(24,8)9/h10-14,16,24-30H,15H2,1-9H3. The first-order valence-electron chi connectivity index (χ1n) is 15.8. The highest BCUT2D eigenvalue weighted by Gasteiger charge is 2.87. The molecule has 49 heavy (non-hydrogen) atoms. The molecule has 0 aromatic heterocycles. The van der Waals surface area contributed by atoms with Crippen molar-refractivity contribution in [2.24, 2.45) is 17.3 Å². The zero-order valence-corrected chi connectivity index (χ0v) is 28.8. The van der Waals surface area contributed by atoms with E-state index in [9.17, 15) is 33.6 Å². The van der Waals surface area contributed by atoms with Gasteiger partial charge in [-0.25, -0.2) is 4.79 Å². The van der Waals surface area contributed by atoms with Gasteiger partial charge in [-0.3, -0.25) is 28.8 Å². The van der Waals surface area contributed by atoms with Crippen LogP contribution in [0.2, 0.25) is 0 Å². The molecule has 15 heteroatoms. The number of rotatable bonds is 9. The van der Waals surface area contributed by atoms with Gasteiger partial charge in [0, 0.05) is 47.5 Å². The minimum atomic E-state index is -2.17. The second kappa shape index (κ2) is 13.8. The number of hydrogen-bond acceptors (Lipinski definition) is 15. The highest BCUT2D eigenvalue weighted by atomic mass is 16.7. The second-order valence-corrected chi connectivity index (χ2v) is 13.1. The molecular weight excluding hydrogens is 648 g/mol. The van der Waals surface area contributed by atoms with Crippen molar-refractivity contribution in [2.75, 3.05) is 6.61 Å². The summed E-state index contributed by atoms with van der Waals surface area (Å²) in [6.45, 7) is 10.6. The topological polar surface area (TPSA) is 193 Å². The lowest BCUT2D eigenvalue weighted by atomic mass is 9.46. The number of carbonyl (C=O) groups excluding carboxylic acids is 7. The van der Waals surface area contributed by atoms with Gasteiger partial charge in [0.15, 0.2) is 18.3 Å². The number of fused-ring (bicyclic) bond motifs is 1. The van der Waals surface area contributed by atoms with Crippen molar-refractivity contribution >= 4 is 41.8 Å². The maximum Gasteiger partial charge on any atom is 0.338 e. The first-order chi connectivity index (χ1) is 22.8. The highest BCUT2D eigenvalue weighted by molar-refractivity contribution is 5.89. The molecule has 10 atom stereocenters. The van der Waals surface area contributed by atoms with Gasteiger partial charge < -0.3 is 37.9 Å². The van der Waals surface area contributed by atoms with Gasteiger partial charge in [-0.1, -0.05) is 25.1 Å². The van der Waals surface area contributed by atoms with E-state index in [0.717, 1.165) is 41.5 Å². The summed E-state index contributed by atoms with van der Waals surface area (Å²) in [6, 6.07) is 7.90. The maximum atomic E-state index is 13.8. The number of benzene rings is 1. The van der Waals surface area contributed by atoms with Gasteiger partial charge in [-0.15, -0.1) is 0 Å². The fourth-order valence-electron chi connectivity index (χ4n) is 8.10. The summed E-state index contributed by atoms with van der Waals surface area (Å²) in [5.41, 5.74) is -5.45. The molecule has 1 saturated heterocycles. The van der Waals surface area contributed by atoms with Crippen molar-refractivity contribution in [3.63, 3.8) is 0 Å². The predicted octanol–water partition coefficient (Wildman–Crippen LogP) is 2.25. The monoisotopic (exact) mass is 690 g/mol. The zero-order valence-electron chi connectivity index (χ0n) is 28.8. The van der Waals surface area contributed by atoms with Crippen LogP contribution in [-0.2, 0) is 66.7 Å². The van der Waals surface area contributed by atoms with Crippen LogP contribution in [0.25, 0.3) is 0 Å². The number of carbonyl (C=O) groups is 7. The zero-order chi connectivity index (χ0) is 36.6. The predicted molar refractivity (Wildman–Crippen MR) is 163 cm³/mol. The Balaban J connectivity index is 2.18. The Morgan fingerprint density at radius 2 is 1.08 bits per heavy atom. The van der Waals surface area contributed by atoms with Crippen molar-refractivity contribution in [2.45, 2.75) is 110 Å². The fourth-order valence-corrected chi connectivity index (χ4v) is 8.10. The van der Waals surface area contributed by atoms with Crippen LogP contribution in [-0.4, -0.2) is 96.2 Å². The van der Waals surface area contributed by atoms with Gasteiger partial charge in [0.05, 0.1) is 17.1 Å². The molecule has 4 rings (SSSR count). The number of hydrogen-bond donors (Lipinski definition) is 0. The number of esters is 7. The Bertz CT molecular complexity index is 1500. The molecule has 0 N–H and O–H groups in total. The molecular formula is C34H42O15. The quantitative estimate of drug-likeness (QED) is 0.270. The first kappa shape index (κ1) is 37.3. The van der Waals surface area contributed by atoms with Gasteiger partial charge in [0.2, 0.25) is 0 Å². The Morgan fingerprint density at radius 1 is 0.612 bits per heavy atom. The van der Waals surface area contributed by atoms with Crippen LogP contribution in [0, 0.1) is 17.3 Å². The molecule has 2 bridgehead atoms. The summed E-state index contributed by atoms with van der Waals surface area (Å²) in [6.07, 6.45) is -9.49. The fraction of sp³-hybridized carbons (Fsp3) is 0.618. The molecule has 3 aliphatic rings. The Kier molecular flexibility index (Phi) is 10.5. The van der Waals surface area contributed by atoms with Gasteiger partial charge >= 0.3 is 41.8 Å². The van der Waals surface area contributed by atoms with E-state index in [2.05, 4.69) is 0 Å². The van der Waals surface area contributed by atoms with Crippen LogP contribution in [0.4, 0.5) is 0 Å². The van der Waals surface area contributed by atoms with Crippen molar-refractivity contribution in [3.05, 3.63) is 35.9 Å². The van der Waals surface area contributed by atoms with Crippen LogP contribution < -0.4 is 0 Å². The van der Waals surface area contributed by atoms with Crippen LogP contribution in [0.5, 0.6) is 0 Å². The van der Waals surface area contributed by atoms with E-state index < -0.39 is 113 Å². The third-order valence-corrected chi connectivity index (χ3v) is 9.42. The van der Waals surface area contributed by atoms with E-state index in [1.54, 1.807) is 39.0 Å². The molecule has 268 valence electrons. The van der Waals surface area contributed by atoms with E-state index in [0.29, 0.717) is 0 Å². The third kappa shape index (κ3) is 6.59. The maximum absolute atomic E-state index is 13.8. The van der Waals surface area contributed by atoms with Crippen molar-refractivity contribution in [1.29, 1.82) is 0 Å². The third-order valence-electron chi connectivity index (χ3n) is 9.42. The lowest BCUT2D eigenvalue weighted by Gasteiger charge is -2.65. The molecule has 2 aliphatic carbocycles. The summed E-state index contributed by atoms with van der Waals surface area (Å²) in [5.74, 6) is -8.21. The Hall–Kier alpha value is -4.53. The molecule has 0 amide bonds. The Labute approximate surface area is 283 Å². The summed E-state index contributed by atoms with van der Waals surface area (Å²) in [5, 5.41) is 0. The lowest BCUT2D eigenvalue weighted by molar-refractivity contribution is -0.347. The van der Waals surface area contributed by atoms with Crippen molar-refractivity contribution in [1.82, 2.24) is 0 Å². The Morgan fingerprint density at radius 3 is 1.57 bits per heavy atom. The SMILES string of the molecule is CC(=O)OCC12C(OC(C)=O)C(OC(C)=O)C(OC(C)=O)C(C)C13OC(C)(C)C(C(OC(=O)c1ccccc1)C2OC(C)=O)C3OC(C)=O. The highest BCUT2D eigenvalue weighted by Crippen LogP contribution is 2.69. The van der Waals surface area contributed by atoms with E-state index in [1.807, 2.05) is 0 Å². The minimum Gasteiger partial charge on any atom is -0.465 e. The average Bonchev–Trinajstić information content (AvgIpc) is 3.17. The molecule has 10 unspecified atom stereocenters. The average molecular weight is 691 g/mol. The molecule has 1 heterocycles. The van der Waals surface area contributed by atoms with Crippen LogP contribution >= 0.6 is 0 Å². The lowest BCUT2D eigenvalue weighted by Crippen LogP contribution is -2.84. The summed E-state index contributed by atoms with van der Waals surface area (Å²) in [7, 11) is 0. The van der Waals surface area contributed by atoms with Crippen molar-refractivity contribution in [3.8, 4) is 0 Å². The summed E-state index contributed by atoms with van der Waals surface area (Å²) >= 11 is 0. The number of ether oxygens (including phenoxy) is 8. The molecule has 1 spiro atoms. The van der Waals surface area contributed by atoms with Gasteiger partial charge in [0.25, 0.3) is 0 Å². The van der Waals surface area contributed by atoms with E-state index in [4.69, 9.17) is 37.9 Å². The van der Waals surface area contributed by atoms with Crippen molar-refractivity contribution < 1.29 is 71.5 Å². The van der Waals surface area contributed by atoms with E-state index in [-0.39, 0.29) is 5.56 Å². The normalized spacial score (nSPS) is 33.9. The van der Waals surface area contributed by atoms with E-state index in [1.165, 1.54) is 12.1 Å². The molecule has 1 aromatic rings. The van der Waals surface area contributed by atoms with Crippen LogP contribution in [0.15, 0.2) is 30.3 Å². The molecule has 3 fully saturated rings. The molecule has 1 aliphatic heterocycles. The van der Waals surface area contributed by atoms with Gasteiger partial charge in [0.1, 0.15) is 35.9 Å². The first-order valence-corrected chi connectivity index (χ1v) is 15.8.